The molecule has 0 bridgehead atoms. The molecule has 76 valence electrons. The Labute approximate surface area is 81.5 Å². The van der Waals surface area contributed by atoms with E-state index in [0.717, 1.165) is 18.5 Å². The average Bonchev–Trinajstić information content (AvgIpc) is 2.81. The summed E-state index contributed by atoms with van der Waals surface area (Å²) in [4.78, 5) is 2.46. The van der Waals surface area contributed by atoms with E-state index >= 15 is 0 Å². The molecule has 0 heterocycles. The highest BCUT2D eigenvalue weighted by Gasteiger charge is 2.29. The van der Waals surface area contributed by atoms with Gasteiger partial charge in [-0.1, -0.05) is 12.8 Å². The predicted molar refractivity (Wildman–Crippen MR) is 55.6 cm³/mol. The van der Waals surface area contributed by atoms with Gasteiger partial charge < -0.3 is 10.6 Å². The minimum atomic E-state index is 0.438. The Bertz CT molecular complexity index is 159. The molecular weight excluding hydrogens is 160 g/mol. The van der Waals surface area contributed by atoms with E-state index in [2.05, 4.69) is 11.9 Å². The van der Waals surface area contributed by atoms with E-state index in [0.29, 0.717) is 6.04 Å². The molecule has 2 N–H and O–H groups in total. The zero-order valence-electron chi connectivity index (χ0n) is 8.71. The van der Waals surface area contributed by atoms with Crippen LogP contribution in [0.1, 0.15) is 38.5 Å². The number of likely N-dealkylation sites (N-methyl/N-ethyl adjacent to an activating group) is 1. The van der Waals surface area contributed by atoms with Gasteiger partial charge in [0.05, 0.1) is 0 Å². The summed E-state index contributed by atoms with van der Waals surface area (Å²) in [6.07, 6.45) is 8.36. The number of hydrogen-bond donors (Lipinski definition) is 1. The molecule has 0 saturated heterocycles. The minimum absolute atomic E-state index is 0.438. The lowest BCUT2D eigenvalue weighted by Crippen LogP contribution is -2.40. The summed E-state index contributed by atoms with van der Waals surface area (Å²) in [6, 6.07) is 1.31. The molecule has 13 heavy (non-hydrogen) atoms. The van der Waals surface area contributed by atoms with Gasteiger partial charge in [0.1, 0.15) is 0 Å². The van der Waals surface area contributed by atoms with E-state index in [1.165, 1.54) is 38.5 Å². The Morgan fingerprint density at radius 1 is 1.23 bits per heavy atom. The van der Waals surface area contributed by atoms with Gasteiger partial charge in [-0.25, -0.2) is 0 Å². The first kappa shape index (κ1) is 9.47. The number of rotatable bonds is 4. The van der Waals surface area contributed by atoms with Crippen LogP contribution in [-0.2, 0) is 0 Å². The van der Waals surface area contributed by atoms with Gasteiger partial charge in [0.2, 0.25) is 0 Å². The van der Waals surface area contributed by atoms with Crippen LogP contribution >= 0.6 is 0 Å². The summed E-state index contributed by atoms with van der Waals surface area (Å²) in [6.45, 7) is 1.12. The smallest absolute Gasteiger partial charge is 0.0196 e. The van der Waals surface area contributed by atoms with E-state index in [1.807, 2.05) is 0 Å². The Balaban J connectivity index is 1.72. The van der Waals surface area contributed by atoms with E-state index in [4.69, 9.17) is 5.73 Å². The number of nitrogens with zero attached hydrogens (tertiary/aromatic N) is 1. The fourth-order valence-electron chi connectivity index (χ4n) is 2.53. The molecule has 0 aromatic rings. The molecule has 0 spiro atoms. The molecule has 0 aromatic carbocycles. The summed E-state index contributed by atoms with van der Waals surface area (Å²) < 4.78 is 0. The zero-order chi connectivity index (χ0) is 9.26. The van der Waals surface area contributed by atoms with E-state index in [9.17, 15) is 0 Å². The standard InChI is InChI=1S/C11H22N2/c1-13(10-6-7-10)8-11(12)9-4-2-3-5-9/h9-11H,2-8,12H2,1H3. The molecule has 2 saturated carbocycles. The molecule has 1 atom stereocenters. The maximum atomic E-state index is 6.20. The van der Waals surface area contributed by atoms with Crippen molar-refractivity contribution in [1.29, 1.82) is 0 Å². The summed E-state index contributed by atoms with van der Waals surface area (Å²) in [5, 5.41) is 0. The normalized spacial score (nSPS) is 27.0. The zero-order valence-corrected chi connectivity index (χ0v) is 8.71. The number of hydrogen-bond acceptors (Lipinski definition) is 2. The van der Waals surface area contributed by atoms with Crippen molar-refractivity contribution in [2.24, 2.45) is 11.7 Å². The van der Waals surface area contributed by atoms with Crippen molar-refractivity contribution in [2.45, 2.75) is 50.6 Å². The van der Waals surface area contributed by atoms with Crippen LogP contribution in [0.25, 0.3) is 0 Å². The second-order valence-electron chi connectivity index (χ2n) is 4.88. The monoisotopic (exact) mass is 182 g/mol. The highest BCUT2D eigenvalue weighted by Crippen LogP contribution is 2.29. The fraction of sp³-hybridized carbons (Fsp3) is 1.00. The van der Waals surface area contributed by atoms with Crippen LogP contribution < -0.4 is 5.73 Å². The van der Waals surface area contributed by atoms with Crippen LogP contribution in [0.15, 0.2) is 0 Å². The Hall–Kier alpha value is -0.0800. The molecule has 2 rings (SSSR count). The van der Waals surface area contributed by atoms with Crippen LogP contribution in [0, 0.1) is 5.92 Å². The third kappa shape index (κ3) is 2.44. The molecule has 2 nitrogen and oxygen atoms in total. The van der Waals surface area contributed by atoms with Crippen molar-refractivity contribution in [2.75, 3.05) is 13.6 Å². The Morgan fingerprint density at radius 2 is 1.85 bits per heavy atom. The summed E-state index contributed by atoms with van der Waals surface area (Å²) in [5.74, 6) is 0.821. The SMILES string of the molecule is CN(CC(N)C1CCCC1)C1CC1. The van der Waals surface area contributed by atoms with Gasteiger partial charge in [0, 0.05) is 18.6 Å². The first-order valence-electron chi connectivity index (χ1n) is 5.73. The van der Waals surface area contributed by atoms with Crippen molar-refractivity contribution in [1.82, 2.24) is 4.90 Å². The molecule has 2 fully saturated rings. The lowest BCUT2D eigenvalue weighted by Gasteiger charge is -2.25. The van der Waals surface area contributed by atoms with Crippen LogP contribution in [0.2, 0.25) is 0 Å². The number of nitrogens with two attached hydrogens (primary N) is 1. The summed E-state index contributed by atoms with van der Waals surface area (Å²) in [5.41, 5.74) is 6.20. The quantitative estimate of drug-likeness (QED) is 0.715. The second-order valence-corrected chi connectivity index (χ2v) is 4.88. The molecule has 0 radical (unpaired) electrons. The molecular formula is C11H22N2. The van der Waals surface area contributed by atoms with Gasteiger partial charge in [-0.05, 0) is 38.6 Å². The van der Waals surface area contributed by atoms with Gasteiger partial charge in [0.25, 0.3) is 0 Å². The predicted octanol–water partition coefficient (Wildman–Crippen LogP) is 1.60. The van der Waals surface area contributed by atoms with E-state index in [-0.39, 0.29) is 0 Å². The molecule has 2 aliphatic carbocycles. The van der Waals surface area contributed by atoms with Crippen LogP contribution in [0.5, 0.6) is 0 Å². The van der Waals surface area contributed by atoms with Gasteiger partial charge in [-0.15, -0.1) is 0 Å². The van der Waals surface area contributed by atoms with Gasteiger partial charge in [0.15, 0.2) is 0 Å². The highest BCUT2D eigenvalue weighted by atomic mass is 15.2. The third-order valence-corrected chi connectivity index (χ3v) is 3.67. The van der Waals surface area contributed by atoms with Crippen molar-refractivity contribution in [3.05, 3.63) is 0 Å². The topological polar surface area (TPSA) is 29.3 Å². The first-order valence-corrected chi connectivity index (χ1v) is 5.73. The minimum Gasteiger partial charge on any atom is -0.326 e. The maximum absolute atomic E-state index is 6.20. The fourth-order valence-corrected chi connectivity index (χ4v) is 2.53. The second kappa shape index (κ2) is 3.97. The first-order chi connectivity index (χ1) is 6.27. The van der Waals surface area contributed by atoms with E-state index in [1.54, 1.807) is 0 Å². The van der Waals surface area contributed by atoms with Crippen molar-refractivity contribution >= 4 is 0 Å². The molecule has 1 unspecified atom stereocenters. The van der Waals surface area contributed by atoms with Crippen LogP contribution in [0.3, 0.4) is 0 Å². The molecule has 2 heteroatoms. The molecule has 0 aliphatic heterocycles. The lowest BCUT2D eigenvalue weighted by atomic mass is 9.99. The van der Waals surface area contributed by atoms with Crippen molar-refractivity contribution in [3.63, 3.8) is 0 Å². The average molecular weight is 182 g/mol. The Kier molecular flexibility index (Phi) is 2.89. The van der Waals surface area contributed by atoms with Gasteiger partial charge in [-0.3, -0.25) is 0 Å². The molecule has 0 aromatic heterocycles. The Morgan fingerprint density at radius 3 is 2.38 bits per heavy atom. The molecule has 2 aliphatic rings. The molecule has 0 amide bonds. The van der Waals surface area contributed by atoms with E-state index < -0.39 is 0 Å². The lowest BCUT2D eigenvalue weighted by molar-refractivity contribution is 0.263. The third-order valence-electron chi connectivity index (χ3n) is 3.67. The highest BCUT2D eigenvalue weighted by molar-refractivity contribution is 4.87. The van der Waals surface area contributed by atoms with Crippen molar-refractivity contribution < 1.29 is 0 Å². The van der Waals surface area contributed by atoms with Crippen LogP contribution in [-0.4, -0.2) is 30.6 Å². The van der Waals surface area contributed by atoms with Crippen LogP contribution in [0.4, 0.5) is 0 Å². The maximum Gasteiger partial charge on any atom is 0.0196 e. The summed E-state index contributed by atoms with van der Waals surface area (Å²) >= 11 is 0. The summed E-state index contributed by atoms with van der Waals surface area (Å²) in [7, 11) is 2.23. The van der Waals surface area contributed by atoms with Gasteiger partial charge in [-0.2, -0.15) is 0 Å². The van der Waals surface area contributed by atoms with Gasteiger partial charge >= 0.3 is 0 Å². The largest absolute Gasteiger partial charge is 0.326 e. The van der Waals surface area contributed by atoms with Crippen molar-refractivity contribution in [3.8, 4) is 0 Å².